The molecule has 35 heavy (non-hydrogen) atoms. The lowest BCUT2D eigenvalue weighted by Gasteiger charge is -2.33. The Hall–Kier alpha value is -1.14. The van der Waals surface area contributed by atoms with Crippen molar-refractivity contribution >= 4 is 11.8 Å². The molecule has 2 amide bonds. The van der Waals surface area contributed by atoms with Crippen LogP contribution in [0.25, 0.3) is 0 Å². The van der Waals surface area contributed by atoms with Crippen molar-refractivity contribution in [1.82, 2.24) is 10.6 Å². The Kier molecular flexibility index (Phi) is 20.3. The van der Waals surface area contributed by atoms with Crippen LogP contribution in [0.5, 0.6) is 0 Å². The highest BCUT2D eigenvalue weighted by Crippen LogP contribution is 2.08. The monoisotopic (exact) mass is 498 g/mol. The van der Waals surface area contributed by atoms with E-state index in [9.17, 15) is 9.59 Å². The van der Waals surface area contributed by atoms with Crippen molar-refractivity contribution in [1.29, 1.82) is 0 Å². The van der Waals surface area contributed by atoms with Gasteiger partial charge in [0, 0.05) is 45.2 Å². The highest BCUT2D eigenvalue weighted by molar-refractivity contribution is 5.76. The van der Waals surface area contributed by atoms with E-state index in [2.05, 4.69) is 52.7 Å². The van der Waals surface area contributed by atoms with Crippen LogP contribution in [0.4, 0.5) is 0 Å². The largest absolute Gasteiger partial charge is 0.356 e. The van der Waals surface area contributed by atoms with E-state index in [0.717, 1.165) is 73.9 Å². The van der Waals surface area contributed by atoms with Crippen LogP contribution in [0.3, 0.4) is 0 Å². The third kappa shape index (κ3) is 23.0. The quantitative estimate of drug-likeness (QED) is 0.141. The molecule has 6 heteroatoms. The summed E-state index contributed by atoms with van der Waals surface area (Å²) >= 11 is 0. The summed E-state index contributed by atoms with van der Waals surface area (Å²) < 4.78 is 2.00. The second-order valence-electron chi connectivity index (χ2n) is 11.9. The number of amides is 2. The van der Waals surface area contributed by atoms with Gasteiger partial charge >= 0.3 is 0 Å². The molecule has 0 rings (SSSR count). The van der Waals surface area contributed by atoms with Gasteiger partial charge in [0.25, 0.3) is 0 Å². The molecule has 0 saturated carbocycles. The average molecular weight is 499 g/mol. The van der Waals surface area contributed by atoms with E-state index in [-0.39, 0.29) is 11.8 Å². The summed E-state index contributed by atoms with van der Waals surface area (Å²) in [5, 5.41) is 6.20. The smallest absolute Gasteiger partial charge is 0.219 e. The van der Waals surface area contributed by atoms with Crippen LogP contribution in [0, 0.1) is 0 Å². The molecule has 0 spiro atoms. The lowest BCUT2D eigenvalue weighted by Crippen LogP contribution is -2.47. The highest BCUT2D eigenvalue weighted by Gasteiger charge is 2.19. The van der Waals surface area contributed by atoms with Crippen LogP contribution in [-0.4, -0.2) is 88.2 Å². The number of unbranched alkanes of at least 4 members (excludes halogenated alkanes) is 8. The number of carbonyl (C=O) groups excluding carboxylic acids is 2. The molecule has 208 valence electrons. The molecule has 0 saturated heterocycles. The predicted molar refractivity (Wildman–Crippen MR) is 150 cm³/mol. The number of nitrogens with one attached hydrogen (secondary N) is 2. The zero-order chi connectivity index (χ0) is 26.4. The van der Waals surface area contributed by atoms with Crippen LogP contribution in [0.1, 0.15) is 110 Å². The van der Waals surface area contributed by atoms with E-state index < -0.39 is 0 Å². The van der Waals surface area contributed by atoms with Gasteiger partial charge in [0.2, 0.25) is 11.8 Å². The van der Waals surface area contributed by atoms with Crippen molar-refractivity contribution in [2.24, 2.45) is 0 Å². The summed E-state index contributed by atoms with van der Waals surface area (Å²) in [6.45, 7) is 10.5. The van der Waals surface area contributed by atoms with E-state index >= 15 is 0 Å². The molecule has 0 atom stereocenters. The van der Waals surface area contributed by atoms with Gasteiger partial charge in [-0.2, -0.15) is 0 Å². The molecule has 0 heterocycles. The van der Waals surface area contributed by atoms with Crippen molar-refractivity contribution in [3.05, 3.63) is 0 Å². The number of quaternary nitrogens is 2. The summed E-state index contributed by atoms with van der Waals surface area (Å²) in [7, 11) is 9.20. The Bertz CT molecular complexity index is 489. The van der Waals surface area contributed by atoms with Crippen molar-refractivity contribution in [3.63, 3.8) is 0 Å². The van der Waals surface area contributed by atoms with E-state index in [1.54, 1.807) is 0 Å². The Balaban J connectivity index is 3.82. The van der Waals surface area contributed by atoms with Crippen molar-refractivity contribution < 1.29 is 18.6 Å². The maximum absolute atomic E-state index is 12.0. The Morgan fingerprint density at radius 3 is 1.20 bits per heavy atom. The highest BCUT2D eigenvalue weighted by atomic mass is 16.2. The third-order valence-corrected chi connectivity index (χ3v) is 7.07. The summed E-state index contributed by atoms with van der Waals surface area (Å²) in [5.74, 6) is 0.433. The Morgan fingerprint density at radius 2 is 0.829 bits per heavy atom. The van der Waals surface area contributed by atoms with Crippen LogP contribution < -0.4 is 10.6 Å². The standard InChI is InChI=1S/C29H60N4O2/c1-7-9-11-13-15-20-28(34)30-22-17-24-32(3,4)26-19-27-33(5,6)25-18-23-31-29(35)21-16-14-12-10-8-2/h7-27H2,1-6H3/p+2. The van der Waals surface area contributed by atoms with Crippen LogP contribution in [0.15, 0.2) is 0 Å². The van der Waals surface area contributed by atoms with Crippen LogP contribution in [0.2, 0.25) is 0 Å². The first kappa shape index (κ1) is 33.9. The molecule has 0 bridgehead atoms. The zero-order valence-corrected chi connectivity index (χ0v) is 24.6. The van der Waals surface area contributed by atoms with Gasteiger partial charge in [-0.3, -0.25) is 9.59 Å². The minimum absolute atomic E-state index is 0.217. The molecule has 0 aromatic heterocycles. The maximum atomic E-state index is 12.0. The number of rotatable bonds is 24. The topological polar surface area (TPSA) is 58.2 Å². The molecule has 0 aliphatic carbocycles. The van der Waals surface area contributed by atoms with Gasteiger partial charge in [-0.1, -0.05) is 65.2 Å². The van der Waals surface area contributed by atoms with Gasteiger partial charge in [0.1, 0.15) is 0 Å². The molecule has 2 N–H and O–H groups in total. The Labute approximate surface area is 218 Å². The van der Waals surface area contributed by atoms with Crippen LogP contribution in [-0.2, 0) is 9.59 Å². The maximum Gasteiger partial charge on any atom is 0.219 e. The normalized spacial score (nSPS) is 12.1. The van der Waals surface area contributed by atoms with Crippen molar-refractivity contribution in [2.45, 2.75) is 110 Å². The second kappa shape index (κ2) is 21.0. The number of hydrogen-bond acceptors (Lipinski definition) is 2. The van der Waals surface area contributed by atoms with Gasteiger partial charge in [-0.25, -0.2) is 0 Å². The van der Waals surface area contributed by atoms with E-state index in [1.165, 1.54) is 57.8 Å². The van der Waals surface area contributed by atoms with Gasteiger partial charge in [-0.15, -0.1) is 0 Å². The SMILES string of the molecule is CCCCCCCC(=O)NCCC[N+](C)(C)CCC[N+](C)(C)CCCNC(=O)CCCCCCC. The van der Waals surface area contributed by atoms with Crippen LogP contribution >= 0.6 is 0 Å². The minimum Gasteiger partial charge on any atom is -0.356 e. The molecule has 0 aromatic carbocycles. The van der Waals surface area contributed by atoms with Gasteiger partial charge in [-0.05, 0) is 12.8 Å². The fourth-order valence-corrected chi connectivity index (χ4v) is 4.58. The molecule has 0 aliphatic rings. The van der Waals surface area contributed by atoms with E-state index in [4.69, 9.17) is 0 Å². The number of carbonyl (C=O) groups is 2. The number of nitrogens with zero attached hydrogens (tertiary/aromatic N) is 2. The average Bonchev–Trinajstić information content (AvgIpc) is 2.79. The molecule has 0 unspecified atom stereocenters. The first-order chi connectivity index (χ1) is 16.6. The summed E-state index contributed by atoms with van der Waals surface area (Å²) in [6, 6.07) is 0. The van der Waals surface area contributed by atoms with Crippen molar-refractivity contribution in [2.75, 3.05) is 67.5 Å². The third-order valence-electron chi connectivity index (χ3n) is 7.07. The lowest BCUT2D eigenvalue weighted by atomic mass is 10.1. The summed E-state index contributed by atoms with van der Waals surface area (Å²) in [6.07, 6.45) is 16.6. The molecular formula is C29H62N4O2+2. The fourth-order valence-electron chi connectivity index (χ4n) is 4.58. The van der Waals surface area contributed by atoms with Crippen molar-refractivity contribution in [3.8, 4) is 0 Å². The van der Waals surface area contributed by atoms with Gasteiger partial charge in [0.15, 0.2) is 0 Å². The first-order valence-electron chi connectivity index (χ1n) is 14.8. The fraction of sp³-hybridized carbons (Fsp3) is 0.931. The van der Waals surface area contributed by atoms with Gasteiger partial charge in [0.05, 0.1) is 54.4 Å². The summed E-state index contributed by atoms with van der Waals surface area (Å²) in [5.41, 5.74) is 0. The molecule has 0 fully saturated rings. The number of hydrogen-bond donors (Lipinski definition) is 2. The zero-order valence-electron chi connectivity index (χ0n) is 24.6. The molecule has 0 aliphatic heterocycles. The minimum atomic E-state index is 0.217. The summed E-state index contributed by atoms with van der Waals surface area (Å²) in [4.78, 5) is 23.9. The molecule has 0 aromatic rings. The molecule has 0 radical (unpaired) electrons. The predicted octanol–water partition coefficient (Wildman–Crippen LogP) is 5.26. The Morgan fingerprint density at radius 1 is 0.486 bits per heavy atom. The lowest BCUT2D eigenvalue weighted by molar-refractivity contribution is -0.909. The van der Waals surface area contributed by atoms with Gasteiger partial charge < -0.3 is 19.6 Å². The first-order valence-corrected chi connectivity index (χ1v) is 14.8. The molecular weight excluding hydrogens is 436 g/mol. The van der Waals surface area contributed by atoms with E-state index in [0.29, 0.717) is 12.8 Å². The van der Waals surface area contributed by atoms with E-state index in [1.807, 2.05) is 0 Å². The molecule has 6 nitrogen and oxygen atoms in total. The second-order valence-corrected chi connectivity index (χ2v) is 11.9.